The molecule has 0 spiro atoms. The highest BCUT2D eigenvalue weighted by Gasteiger charge is 2.22. The van der Waals surface area contributed by atoms with Gasteiger partial charge in [-0.3, -0.25) is 0 Å². The SMILES string of the molecule is NC(=S)c1ccccc1S(=O)(=O)NCC1COCCO1. The van der Waals surface area contributed by atoms with Crippen molar-refractivity contribution in [1.82, 2.24) is 4.72 Å². The van der Waals surface area contributed by atoms with E-state index in [1.807, 2.05) is 0 Å². The molecule has 0 saturated carbocycles. The summed E-state index contributed by atoms with van der Waals surface area (Å²) in [5.41, 5.74) is 5.87. The number of nitrogens with one attached hydrogen (secondary N) is 1. The maximum Gasteiger partial charge on any atom is 0.241 e. The van der Waals surface area contributed by atoms with Crippen molar-refractivity contribution in [3.05, 3.63) is 29.8 Å². The van der Waals surface area contributed by atoms with Crippen molar-refractivity contribution in [2.75, 3.05) is 26.4 Å². The molecule has 3 N–H and O–H groups in total. The van der Waals surface area contributed by atoms with Gasteiger partial charge in [-0.2, -0.15) is 0 Å². The highest BCUT2D eigenvalue weighted by Crippen LogP contribution is 2.15. The van der Waals surface area contributed by atoms with E-state index in [0.29, 0.717) is 25.4 Å². The minimum Gasteiger partial charge on any atom is -0.389 e. The molecule has 0 amide bonds. The van der Waals surface area contributed by atoms with Crippen molar-refractivity contribution in [3.63, 3.8) is 0 Å². The first-order valence-electron chi connectivity index (χ1n) is 6.08. The van der Waals surface area contributed by atoms with Gasteiger partial charge < -0.3 is 15.2 Å². The molecule has 1 saturated heterocycles. The number of hydrogen-bond acceptors (Lipinski definition) is 5. The van der Waals surface area contributed by atoms with Crippen molar-refractivity contribution in [2.24, 2.45) is 5.73 Å². The van der Waals surface area contributed by atoms with Crippen molar-refractivity contribution >= 4 is 27.2 Å². The highest BCUT2D eigenvalue weighted by atomic mass is 32.2. The van der Waals surface area contributed by atoms with Crippen LogP contribution in [0.2, 0.25) is 0 Å². The van der Waals surface area contributed by atoms with Crippen molar-refractivity contribution in [3.8, 4) is 0 Å². The predicted octanol–water partition coefficient (Wildman–Crippen LogP) is 0.0145. The molecule has 20 heavy (non-hydrogen) atoms. The van der Waals surface area contributed by atoms with E-state index in [1.165, 1.54) is 6.07 Å². The molecule has 0 aromatic heterocycles. The summed E-state index contributed by atoms with van der Waals surface area (Å²) in [6.07, 6.45) is -0.282. The summed E-state index contributed by atoms with van der Waals surface area (Å²) in [6, 6.07) is 6.36. The van der Waals surface area contributed by atoms with Crippen LogP contribution < -0.4 is 10.5 Å². The van der Waals surface area contributed by atoms with Crippen LogP contribution in [0.15, 0.2) is 29.2 Å². The molecule has 1 heterocycles. The normalized spacial score (nSPS) is 19.7. The fourth-order valence-electron chi connectivity index (χ4n) is 1.84. The minimum atomic E-state index is -3.69. The molecule has 1 aliphatic rings. The van der Waals surface area contributed by atoms with Gasteiger partial charge in [-0.25, -0.2) is 13.1 Å². The molecule has 1 fully saturated rings. The monoisotopic (exact) mass is 316 g/mol. The van der Waals surface area contributed by atoms with E-state index in [4.69, 9.17) is 27.4 Å². The summed E-state index contributed by atoms with van der Waals surface area (Å²) in [5, 5.41) is 0. The lowest BCUT2D eigenvalue weighted by Gasteiger charge is -2.23. The fraction of sp³-hybridized carbons (Fsp3) is 0.417. The zero-order chi connectivity index (χ0) is 14.6. The van der Waals surface area contributed by atoms with Gasteiger partial charge in [0.25, 0.3) is 0 Å². The van der Waals surface area contributed by atoms with Gasteiger partial charge in [-0.05, 0) is 6.07 Å². The molecule has 8 heteroatoms. The first-order chi connectivity index (χ1) is 9.50. The van der Waals surface area contributed by atoms with E-state index in [-0.39, 0.29) is 22.5 Å². The van der Waals surface area contributed by atoms with Crippen LogP contribution in [-0.4, -0.2) is 45.9 Å². The van der Waals surface area contributed by atoms with E-state index in [2.05, 4.69) is 4.72 Å². The van der Waals surface area contributed by atoms with Crippen LogP contribution in [0.25, 0.3) is 0 Å². The van der Waals surface area contributed by atoms with Crippen molar-refractivity contribution in [2.45, 2.75) is 11.0 Å². The van der Waals surface area contributed by atoms with Crippen LogP contribution >= 0.6 is 12.2 Å². The van der Waals surface area contributed by atoms with Gasteiger partial charge in [0.2, 0.25) is 10.0 Å². The van der Waals surface area contributed by atoms with Crippen LogP contribution in [0.5, 0.6) is 0 Å². The molecule has 0 aliphatic carbocycles. The van der Waals surface area contributed by atoms with E-state index < -0.39 is 10.0 Å². The molecule has 110 valence electrons. The maximum absolute atomic E-state index is 12.3. The first-order valence-corrected chi connectivity index (χ1v) is 7.97. The van der Waals surface area contributed by atoms with Crippen molar-refractivity contribution < 1.29 is 17.9 Å². The van der Waals surface area contributed by atoms with Crippen LogP contribution in [0.3, 0.4) is 0 Å². The Bertz CT molecular complexity index is 583. The molecule has 6 nitrogen and oxygen atoms in total. The van der Waals surface area contributed by atoms with Crippen LogP contribution in [0.4, 0.5) is 0 Å². The first kappa shape index (κ1) is 15.3. The molecule has 1 unspecified atom stereocenters. The van der Waals surface area contributed by atoms with Gasteiger partial charge in [0.15, 0.2) is 0 Å². The third-order valence-corrected chi connectivity index (χ3v) is 4.53. The Kier molecular flexibility index (Phi) is 5.06. The van der Waals surface area contributed by atoms with E-state index in [9.17, 15) is 8.42 Å². The molecule has 1 aromatic carbocycles. The number of ether oxygens (including phenoxy) is 2. The zero-order valence-electron chi connectivity index (χ0n) is 10.7. The summed E-state index contributed by atoms with van der Waals surface area (Å²) in [4.78, 5) is 0.118. The smallest absolute Gasteiger partial charge is 0.241 e. The molecule has 0 bridgehead atoms. The zero-order valence-corrected chi connectivity index (χ0v) is 12.4. The molecule has 1 aliphatic heterocycles. The minimum absolute atomic E-state index is 0.0447. The molecule has 2 rings (SSSR count). The summed E-state index contributed by atoms with van der Waals surface area (Å²) >= 11 is 4.87. The molecule has 1 atom stereocenters. The number of thiocarbonyl (C=S) groups is 1. The second-order valence-corrected chi connectivity index (χ2v) is 6.46. The highest BCUT2D eigenvalue weighted by molar-refractivity contribution is 7.89. The Morgan fingerprint density at radius 3 is 2.80 bits per heavy atom. The van der Waals surface area contributed by atoms with Crippen LogP contribution in [0.1, 0.15) is 5.56 Å². The maximum atomic E-state index is 12.3. The average molecular weight is 316 g/mol. The third kappa shape index (κ3) is 3.74. The second kappa shape index (κ2) is 6.59. The van der Waals surface area contributed by atoms with Gasteiger partial charge in [0, 0.05) is 12.1 Å². The molecular weight excluding hydrogens is 300 g/mol. The van der Waals surface area contributed by atoms with E-state index in [0.717, 1.165) is 0 Å². The summed E-state index contributed by atoms with van der Waals surface area (Å²) in [5.74, 6) is 0. The number of nitrogens with two attached hydrogens (primary N) is 1. The summed E-state index contributed by atoms with van der Waals surface area (Å²) < 4.78 is 37.6. The Balaban J connectivity index is 2.12. The number of hydrogen-bond donors (Lipinski definition) is 2. The second-order valence-electron chi connectivity index (χ2n) is 4.28. The Hall–Kier alpha value is -1.06. The van der Waals surface area contributed by atoms with Gasteiger partial charge in [0.05, 0.1) is 30.8 Å². The third-order valence-electron chi connectivity index (χ3n) is 2.83. The largest absolute Gasteiger partial charge is 0.389 e. The molecular formula is C12H16N2O4S2. The number of sulfonamides is 1. The van der Waals surface area contributed by atoms with Gasteiger partial charge in [0.1, 0.15) is 4.99 Å². The van der Waals surface area contributed by atoms with E-state index >= 15 is 0 Å². The predicted molar refractivity (Wildman–Crippen MR) is 78.1 cm³/mol. The van der Waals surface area contributed by atoms with E-state index in [1.54, 1.807) is 18.2 Å². The van der Waals surface area contributed by atoms with Gasteiger partial charge in [-0.1, -0.05) is 30.4 Å². The average Bonchev–Trinajstić information content (AvgIpc) is 2.46. The number of rotatable bonds is 5. The Morgan fingerprint density at radius 1 is 1.40 bits per heavy atom. The van der Waals surface area contributed by atoms with Crippen LogP contribution in [0, 0.1) is 0 Å². The quantitative estimate of drug-likeness (QED) is 0.744. The van der Waals surface area contributed by atoms with Gasteiger partial charge >= 0.3 is 0 Å². The summed E-state index contributed by atoms with van der Waals surface area (Å²) in [6.45, 7) is 1.52. The lowest BCUT2D eigenvalue weighted by atomic mass is 10.2. The van der Waals surface area contributed by atoms with Crippen molar-refractivity contribution in [1.29, 1.82) is 0 Å². The summed E-state index contributed by atoms with van der Waals surface area (Å²) in [7, 11) is -3.69. The van der Waals surface area contributed by atoms with Crippen LogP contribution in [-0.2, 0) is 19.5 Å². The Labute approximate surface area is 123 Å². The lowest BCUT2D eigenvalue weighted by molar-refractivity contribution is -0.0846. The topological polar surface area (TPSA) is 90.7 Å². The molecule has 1 aromatic rings. The number of benzene rings is 1. The van der Waals surface area contributed by atoms with Gasteiger partial charge in [-0.15, -0.1) is 0 Å². The fourth-order valence-corrected chi connectivity index (χ4v) is 3.37. The molecule has 0 radical (unpaired) electrons. The lowest BCUT2D eigenvalue weighted by Crippen LogP contribution is -2.40. The Morgan fingerprint density at radius 2 is 2.15 bits per heavy atom. The standard InChI is InChI=1S/C12H16N2O4S2/c13-12(19)10-3-1-2-4-11(10)20(15,16)14-7-9-8-17-5-6-18-9/h1-4,9,14H,5-8H2,(H2,13,19).